The van der Waals surface area contributed by atoms with E-state index in [9.17, 15) is 13.2 Å². The molecular weight excluding hydrogens is 340 g/mol. The Kier molecular flexibility index (Phi) is 6.78. The van der Waals surface area contributed by atoms with Gasteiger partial charge in [0, 0.05) is 18.7 Å². The summed E-state index contributed by atoms with van der Waals surface area (Å²) in [6.07, 6.45) is 3.20. The van der Waals surface area contributed by atoms with Gasteiger partial charge in [-0.05, 0) is 43.2 Å². The molecule has 0 aliphatic heterocycles. The number of carbonyl (C=O) groups is 1. The SMILES string of the molecule is CCCN(CCC)C(=O)c1cccc(S(=O)(=O)NCc2ccco2)c1. The van der Waals surface area contributed by atoms with Gasteiger partial charge in [0.1, 0.15) is 5.76 Å². The van der Waals surface area contributed by atoms with Gasteiger partial charge in [-0.25, -0.2) is 13.1 Å². The third-order valence-corrected chi connectivity index (χ3v) is 5.08. The summed E-state index contributed by atoms with van der Waals surface area (Å²) in [7, 11) is -3.72. The van der Waals surface area contributed by atoms with Crippen LogP contribution in [0.2, 0.25) is 0 Å². The number of amides is 1. The van der Waals surface area contributed by atoms with Crippen molar-refractivity contribution < 1.29 is 17.6 Å². The standard InChI is InChI=1S/C18H24N2O4S/c1-3-10-20(11-4-2)18(21)15-7-5-9-17(13-15)25(22,23)19-14-16-8-6-12-24-16/h5-9,12-13,19H,3-4,10-11,14H2,1-2H3. The topological polar surface area (TPSA) is 79.6 Å². The molecule has 2 aromatic rings. The molecule has 1 aromatic heterocycles. The monoisotopic (exact) mass is 364 g/mol. The molecule has 0 atom stereocenters. The van der Waals surface area contributed by atoms with Crippen molar-refractivity contribution in [2.24, 2.45) is 0 Å². The zero-order valence-corrected chi connectivity index (χ0v) is 15.4. The highest BCUT2D eigenvalue weighted by Crippen LogP contribution is 2.15. The van der Waals surface area contributed by atoms with E-state index >= 15 is 0 Å². The highest BCUT2D eigenvalue weighted by atomic mass is 32.2. The molecule has 0 fully saturated rings. The second-order valence-electron chi connectivity index (χ2n) is 5.72. The lowest BCUT2D eigenvalue weighted by molar-refractivity contribution is 0.0755. The van der Waals surface area contributed by atoms with Crippen LogP contribution in [0.25, 0.3) is 0 Å². The van der Waals surface area contributed by atoms with E-state index in [1.54, 1.807) is 29.2 Å². The minimum atomic E-state index is -3.72. The summed E-state index contributed by atoms with van der Waals surface area (Å²) < 4.78 is 32.5. The Morgan fingerprint density at radius 3 is 2.44 bits per heavy atom. The second kappa shape index (κ2) is 8.82. The Balaban J connectivity index is 2.17. The molecule has 0 saturated heterocycles. The van der Waals surface area contributed by atoms with Gasteiger partial charge in [0.2, 0.25) is 10.0 Å². The lowest BCUT2D eigenvalue weighted by Crippen LogP contribution is -2.32. The zero-order valence-electron chi connectivity index (χ0n) is 14.6. The summed E-state index contributed by atoms with van der Waals surface area (Å²) in [6, 6.07) is 9.52. The minimum absolute atomic E-state index is 0.0608. The molecule has 1 heterocycles. The smallest absolute Gasteiger partial charge is 0.253 e. The van der Waals surface area contributed by atoms with E-state index in [-0.39, 0.29) is 17.3 Å². The van der Waals surface area contributed by atoms with Crippen molar-refractivity contribution in [2.75, 3.05) is 13.1 Å². The van der Waals surface area contributed by atoms with E-state index in [2.05, 4.69) is 4.72 Å². The predicted octanol–water partition coefficient (Wildman–Crippen LogP) is 3.02. The first-order chi connectivity index (χ1) is 12.0. The van der Waals surface area contributed by atoms with Gasteiger partial charge in [0.05, 0.1) is 17.7 Å². The highest BCUT2D eigenvalue weighted by Gasteiger charge is 2.19. The molecule has 136 valence electrons. The fourth-order valence-corrected chi connectivity index (χ4v) is 3.54. The number of nitrogens with one attached hydrogen (secondary N) is 1. The van der Waals surface area contributed by atoms with Gasteiger partial charge in [-0.2, -0.15) is 0 Å². The van der Waals surface area contributed by atoms with E-state index < -0.39 is 10.0 Å². The number of hydrogen-bond donors (Lipinski definition) is 1. The maximum Gasteiger partial charge on any atom is 0.253 e. The Morgan fingerprint density at radius 2 is 1.84 bits per heavy atom. The van der Waals surface area contributed by atoms with Crippen molar-refractivity contribution in [3.63, 3.8) is 0 Å². The minimum Gasteiger partial charge on any atom is -0.468 e. The van der Waals surface area contributed by atoms with Crippen LogP contribution in [0.5, 0.6) is 0 Å². The average Bonchev–Trinajstić information content (AvgIpc) is 3.13. The van der Waals surface area contributed by atoms with Gasteiger partial charge in [-0.1, -0.05) is 19.9 Å². The van der Waals surface area contributed by atoms with Crippen LogP contribution >= 0.6 is 0 Å². The Labute approximate surface area is 148 Å². The van der Waals surface area contributed by atoms with Crippen molar-refractivity contribution in [3.8, 4) is 0 Å². The first-order valence-corrected chi connectivity index (χ1v) is 9.87. The van der Waals surface area contributed by atoms with E-state index in [0.29, 0.717) is 24.4 Å². The van der Waals surface area contributed by atoms with Crippen LogP contribution in [-0.4, -0.2) is 32.3 Å². The van der Waals surface area contributed by atoms with Crippen molar-refractivity contribution in [3.05, 3.63) is 54.0 Å². The predicted molar refractivity (Wildman–Crippen MR) is 95.7 cm³/mol. The van der Waals surface area contributed by atoms with Crippen molar-refractivity contribution in [1.29, 1.82) is 0 Å². The molecule has 7 heteroatoms. The Bertz CT molecular complexity index is 779. The molecule has 2 rings (SSSR count). The quantitative estimate of drug-likeness (QED) is 0.742. The van der Waals surface area contributed by atoms with Crippen molar-refractivity contribution in [1.82, 2.24) is 9.62 Å². The summed E-state index contributed by atoms with van der Waals surface area (Å²) in [5, 5.41) is 0. The third-order valence-electron chi connectivity index (χ3n) is 3.68. The number of carbonyl (C=O) groups excluding carboxylic acids is 1. The second-order valence-corrected chi connectivity index (χ2v) is 7.49. The maximum atomic E-state index is 12.6. The average molecular weight is 364 g/mol. The highest BCUT2D eigenvalue weighted by molar-refractivity contribution is 7.89. The van der Waals surface area contributed by atoms with Crippen LogP contribution in [0.1, 0.15) is 42.8 Å². The van der Waals surface area contributed by atoms with Gasteiger partial charge in [0.25, 0.3) is 5.91 Å². The first kappa shape index (κ1) is 19.2. The van der Waals surface area contributed by atoms with Crippen LogP contribution in [0.3, 0.4) is 0 Å². The molecule has 0 spiro atoms. The van der Waals surface area contributed by atoms with Gasteiger partial charge in [-0.3, -0.25) is 4.79 Å². The molecule has 25 heavy (non-hydrogen) atoms. The van der Waals surface area contributed by atoms with Crippen LogP contribution in [-0.2, 0) is 16.6 Å². The van der Waals surface area contributed by atoms with E-state index in [0.717, 1.165) is 12.8 Å². The van der Waals surface area contributed by atoms with Crippen LogP contribution < -0.4 is 4.72 Å². The summed E-state index contributed by atoms with van der Waals surface area (Å²) in [5.74, 6) is 0.375. The largest absolute Gasteiger partial charge is 0.468 e. The summed E-state index contributed by atoms with van der Waals surface area (Å²) >= 11 is 0. The molecule has 1 aromatic carbocycles. The molecule has 0 bridgehead atoms. The van der Waals surface area contributed by atoms with Crippen molar-refractivity contribution in [2.45, 2.75) is 38.1 Å². The lowest BCUT2D eigenvalue weighted by atomic mass is 10.2. The zero-order chi connectivity index (χ0) is 18.3. The van der Waals surface area contributed by atoms with E-state index in [1.807, 2.05) is 13.8 Å². The number of hydrogen-bond acceptors (Lipinski definition) is 4. The number of benzene rings is 1. The summed E-state index contributed by atoms with van der Waals surface area (Å²) in [6.45, 7) is 5.39. The summed E-state index contributed by atoms with van der Waals surface area (Å²) in [4.78, 5) is 14.5. The number of rotatable bonds is 9. The fourth-order valence-electron chi connectivity index (χ4n) is 2.50. The molecule has 1 amide bonds. The van der Waals surface area contributed by atoms with Crippen molar-refractivity contribution >= 4 is 15.9 Å². The van der Waals surface area contributed by atoms with Crippen LogP contribution in [0.15, 0.2) is 52.0 Å². The molecular formula is C18H24N2O4S. The van der Waals surface area contributed by atoms with Gasteiger partial charge in [0.15, 0.2) is 0 Å². The van der Waals surface area contributed by atoms with Gasteiger partial charge < -0.3 is 9.32 Å². The van der Waals surface area contributed by atoms with Gasteiger partial charge in [-0.15, -0.1) is 0 Å². The molecule has 6 nitrogen and oxygen atoms in total. The number of sulfonamides is 1. The normalized spacial score (nSPS) is 11.4. The molecule has 0 aliphatic rings. The lowest BCUT2D eigenvalue weighted by Gasteiger charge is -2.21. The maximum absolute atomic E-state index is 12.6. The molecule has 0 radical (unpaired) electrons. The van der Waals surface area contributed by atoms with Crippen LogP contribution in [0, 0.1) is 0 Å². The van der Waals surface area contributed by atoms with E-state index in [1.165, 1.54) is 18.4 Å². The summed E-state index contributed by atoms with van der Waals surface area (Å²) in [5.41, 5.74) is 0.378. The molecule has 0 unspecified atom stereocenters. The third kappa shape index (κ3) is 5.17. The van der Waals surface area contributed by atoms with Gasteiger partial charge >= 0.3 is 0 Å². The first-order valence-electron chi connectivity index (χ1n) is 8.39. The number of furan rings is 1. The molecule has 1 N–H and O–H groups in total. The number of nitrogens with zero attached hydrogens (tertiary/aromatic N) is 1. The molecule has 0 saturated carbocycles. The molecule has 0 aliphatic carbocycles. The fraction of sp³-hybridized carbons (Fsp3) is 0.389. The van der Waals surface area contributed by atoms with Crippen LogP contribution in [0.4, 0.5) is 0 Å². The van der Waals surface area contributed by atoms with E-state index in [4.69, 9.17) is 4.42 Å². The Hall–Kier alpha value is -2.12. The Morgan fingerprint density at radius 1 is 1.12 bits per heavy atom.